The first kappa shape index (κ1) is 16.9. The summed E-state index contributed by atoms with van der Waals surface area (Å²) in [6.07, 6.45) is 2.55. The van der Waals surface area contributed by atoms with Crippen LogP contribution >= 0.6 is 0 Å². The maximum Gasteiger partial charge on any atom is 0.120 e. The molecule has 2 nitrogen and oxygen atoms in total. The van der Waals surface area contributed by atoms with Gasteiger partial charge >= 0.3 is 0 Å². The molecule has 0 spiro atoms. The normalized spacial score (nSPS) is 18.9. The zero-order valence-electron chi connectivity index (χ0n) is 14.9. The van der Waals surface area contributed by atoms with E-state index in [0.717, 1.165) is 18.6 Å². The lowest BCUT2D eigenvalue weighted by atomic mass is 9.77. The summed E-state index contributed by atoms with van der Waals surface area (Å²) in [6.45, 7) is 1.32. The van der Waals surface area contributed by atoms with E-state index >= 15 is 0 Å². The maximum absolute atomic E-state index is 6.02. The van der Waals surface area contributed by atoms with Gasteiger partial charge in [-0.2, -0.15) is 0 Å². The molecule has 3 aromatic carbocycles. The highest BCUT2D eigenvalue weighted by Gasteiger charge is 2.31. The Morgan fingerprint density at radius 1 is 0.692 bits per heavy atom. The highest BCUT2D eigenvalue weighted by atomic mass is 16.5. The Kier molecular flexibility index (Phi) is 5.32. The number of hydrogen-bond donors (Lipinski definition) is 0. The summed E-state index contributed by atoms with van der Waals surface area (Å²) < 4.78 is 12.0. The molecule has 1 aliphatic carbocycles. The van der Waals surface area contributed by atoms with E-state index in [-0.39, 0.29) is 0 Å². The summed E-state index contributed by atoms with van der Waals surface area (Å²) in [4.78, 5) is 0. The van der Waals surface area contributed by atoms with Gasteiger partial charge < -0.3 is 9.47 Å². The Labute approximate surface area is 155 Å². The van der Waals surface area contributed by atoms with Gasteiger partial charge in [0.2, 0.25) is 0 Å². The van der Waals surface area contributed by atoms with Crippen LogP contribution in [0.4, 0.5) is 0 Å². The highest BCUT2D eigenvalue weighted by molar-refractivity contribution is 5.32. The van der Waals surface area contributed by atoms with Crippen LogP contribution in [-0.2, 0) is 18.0 Å². The van der Waals surface area contributed by atoms with Gasteiger partial charge in [-0.1, -0.05) is 72.8 Å². The van der Waals surface area contributed by atoms with Crippen molar-refractivity contribution in [2.75, 3.05) is 0 Å². The largest absolute Gasteiger partial charge is 0.489 e. The Hall–Kier alpha value is -2.58. The molecule has 1 saturated carbocycles. The first-order chi connectivity index (χ1) is 12.9. The molecule has 1 aliphatic rings. The molecule has 3 aromatic rings. The number of ether oxygens (including phenoxy) is 2. The van der Waals surface area contributed by atoms with E-state index in [1.165, 1.54) is 16.7 Å². The van der Waals surface area contributed by atoms with E-state index in [0.29, 0.717) is 25.2 Å². The van der Waals surface area contributed by atoms with Gasteiger partial charge in [-0.15, -0.1) is 0 Å². The van der Waals surface area contributed by atoms with Gasteiger partial charge in [-0.25, -0.2) is 0 Å². The molecule has 0 unspecified atom stereocenters. The summed E-state index contributed by atoms with van der Waals surface area (Å²) >= 11 is 0. The molecule has 4 rings (SSSR count). The highest BCUT2D eigenvalue weighted by Crippen LogP contribution is 2.40. The predicted molar refractivity (Wildman–Crippen MR) is 104 cm³/mol. The van der Waals surface area contributed by atoms with Crippen molar-refractivity contribution in [3.8, 4) is 5.75 Å². The number of benzene rings is 3. The predicted octanol–water partition coefficient (Wildman–Crippen LogP) is 5.73. The van der Waals surface area contributed by atoms with Crippen LogP contribution in [0.15, 0.2) is 84.9 Å². The molecule has 1 fully saturated rings. The Balaban J connectivity index is 1.27. The second-order valence-corrected chi connectivity index (χ2v) is 6.93. The van der Waals surface area contributed by atoms with Crippen LogP contribution in [0.25, 0.3) is 0 Å². The monoisotopic (exact) mass is 344 g/mol. The minimum absolute atomic E-state index is 0.370. The van der Waals surface area contributed by atoms with Crippen LogP contribution in [0.2, 0.25) is 0 Å². The molecular formula is C24H24O2. The van der Waals surface area contributed by atoms with E-state index in [1.54, 1.807) is 0 Å². The molecule has 0 aromatic heterocycles. The van der Waals surface area contributed by atoms with E-state index in [9.17, 15) is 0 Å². The fraction of sp³-hybridized carbons (Fsp3) is 0.250. The summed E-state index contributed by atoms with van der Waals surface area (Å²) in [5.41, 5.74) is 3.79. The third kappa shape index (κ3) is 4.33. The van der Waals surface area contributed by atoms with Crippen molar-refractivity contribution in [1.82, 2.24) is 0 Å². The molecule has 0 radical (unpaired) electrons. The summed E-state index contributed by atoms with van der Waals surface area (Å²) in [5.74, 6) is 1.52. The van der Waals surface area contributed by atoms with Crippen LogP contribution in [0.1, 0.15) is 35.4 Å². The molecule has 2 heteroatoms. The minimum atomic E-state index is 0.370. The summed E-state index contributed by atoms with van der Waals surface area (Å²) in [5, 5.41) is 0. The number of hydrogen-bond acceptors (Lipinski definition) is 2. The van der Waals surface area contributed by atoms with Crippen molar-refractivity contribution >= 4 is 0 Å². The molecule has 0 bridgehead atoms. The van der Waals surface area contributed by atoms with Crippen molar-refractivity contribution in [2.24, 2.45) is 0 Å². The van der Waals surface area contributed by atoms with E-state index in [2.05, 4.69) is 54.6 Å². The fourth-order valence-electron chi connectivity index (χ4n) is 3.36. The maximum atomic E-state index is 6.02. The van der Waals surface area contributed by atoms with Crippen LogP contribution in [0.5, 0.6) is 5.75 Å². The molecule has 0 heterocycles. The Morgan fingerprint density at radius 2 is 1.35 bits per heavy atom. The van der Waals surface area contributed by atoms with Crippen LogP contribution < -0.4 is 4.74 Å². The SMILES string of the molecule is c1ccc(COc2cccc(C3CC(OCc4ccccc4)C3)c2)cc1. The molecular weight excluding hydrogens is 320 g/mol. The standard InChI is InChI=1S/C24H24O2/c1-3-8-19(9-4-1)17-25-23-13-7-12-21(14-23)22-15-24(16-22)26-18-20-10-5-2-6-11-20/h1-14,22,24H,15-18H2. The quantitative estimate of drug-likeness (QED) is 0.545. The third-order valence-corrected chi connectivity index (χ3v) is 5.00. The first-order valence-electron chi connectivity index (χ1n) is 9.29. The van der Waals surface area contributed by atoms with Crippen molar-refractivity contribution in [3.05, 3.63) is 102 Å². The van der Waals surface area contributed by atoms with Gasteiger partial charge in [0.25, 0.3) is 0 Å². The zero-order chi connectivity index (χ0) is 17.6. The molecule has 0 amide bonds. The van der Waals surface area contributed by atoms with Gasteiger partial charge in [0.1, 0.15) is 12.4 Å². The smallest absolute Gasteiger partial charge is 0.120 e. The van der Waals surface area contributed by atoms with E-state index in [4.69, 9.17) is 9.47 Å². The molecule has 132 valence electrons. The minimum Gasteiger partial charge on any atom is -0.489 e. The Bertz CT molecular complexity index is 808. The molecule has 0 aliphatic heterocycles. The van der Waals surface area contributed by atoms with Gasteiger partial charge in [0, 0.05) is 0 Å². The molecule has 0 atom stereocenters. The van der Waals surface area contributed by atoms with Crippen LogP contribution in [-0.4, -0.2) is 6.10 Å². The number of rotatable bonds is 7. The molecule has 0 saturated heterocycles. The Morgan fingerprint density at radius 3 is 2.04 bits per heavy atom. The van der Waals surface area contributed by atoms with Crippen LogP contribution in [0.3, 0.4) is 0 Å². The third-order valence-electron chi connectivity index (χ3n) is 5.00. The summed E-state index contributed by atoms with van der Waals surface area (Å²) in [6, 6.07) is 29.2. The fourth-order valence-corrected chi connectivity index (χ4v) is 3.36. The lowest BCUT2D eigenvalue weighted by Gasteiger charge is -2.35. The summed E-state index contributed by atoms with van der Waals surface area (Å²) in [7, 11) is 0. The van der Waals surface area contributed by atoms with E-state index in [1.807, 2.05) is 30.3 Å². The van der Waals surface area contributed by atoms with Crippen molar-refractivity contribution in [3.63, 3.8) is 0 Å². The van der Waals surface area contributed by atoms with Crippen molar-refractivity contribution in [1.29, 1.82) is 0 Å². The second kappa shape index (κ2) is 8.20. The van der Waals surface area contributed by atoms with Crippen molar-refractivity contribution in [2.45, 2.75) is 38.1 Å². The van der Waals surface area contributed by atoms with Gasteiger partial charge in [-0.05, 0) is 47.6 Å². The van der Waals surface area contributed by atoms with Crippen molar-refractivity contribution < 1.29 is 9.47 Å². The zero-order valence-corrected chi connectivity index (χ0v) is 14.9. The van der Waals surface area contributed by atoms with Crippen LogP contribution in [0, 0.1) is 0 Å². The second-order valence-electron chi connectivity index (χ2n) is 6.93. The first-order valence-corrected chi connectivity index (χ1v) is 9.29. The van der Waals surface area contributed by atoms with E-state index < -0.39 is 0 Å². The molecule has 26 heavy (non-hydrogen) atoms. The average molecular weight is 344 g/mol. The van der Waals surface area contributed by atoms with Gasteiger partial charge in [-0.3, -0.25) is 0 Å². The molecule has 0 N–H and O–H groups in total. The van der Waals surface area contributed by atoms with Gasteiger partial charge in [0.15, 0.2) is 0 Å². The lowest BCUT2D eigenvalue weighted by Crippen LogP contribution is -2.29. The average Bonchev–Trinajstić information content (AvgIpc) is 2.67. The van der Waals surface area contributed by atoms with Gasteiger partial charge in [0.05, 0.1) is 12.7 Å². The lowest BCUT2D eigenvalue weighted by molar-refractivity contribution is -0.0207. The topological polar surface area (TPSA) is 18.5 Å².